The summed E-state index contributed by atoms with van der Waals surface area (Å²) in [6, 6.07) is 41.9. The fraction of sp³-hybridized carbons (Fsp3) is 0.0294. The third kappa shape index (κ3) is 4.03. The first-order chi connectivity index (χ1) is 19.2. The maximum atomic E-state index is 6.25. The van der Waals surface area contributed by atoms with Crippen molar-refractivity contribution in [2.24, 2.45) is 0 Å². The Balaban J connectivity index is 0.00000264. The largest absolute Gasteiger partial charge is 0.510 e. The molecule has 0 amide bonds. The molecule has 198 valence electrons. The van der Waals surface area contributed by atoms with Crippen LogP contribution in [-0.2, 0) is 20.4 Å². The Labute approximate surface area is 250 Å². The molecule has 0 spiro atoms. The molecule has 3 heterocycles. The summed E-state index contributed by atoms with van der Waals surface area (Å²) in [5.41, 5.74) is 5.88. The molecule has 0 saturated carbocycles. The zero-order valence-electron chi connectivity index (χ0n) is 21.4. The zero-order valence-corrected chi connectivity index (χ0v) is 23.7. The van der Waals surface area contributed by atoms with Gasteiger partial charge in [-0.05, 0) is 37.0 Å². The number of hydrogen-bond donors (Lipinski definition) is 0. The van der Waals surface area contributed by atoms with Gasteiger partial charge in [-0.2, -0.15) is 61.3 Å². The second-order valence-electron chi connectivity index (χ2n) is 9.59. The molecule has 40 heavy (non-hydrogen) atoms. The Morgan fingerprint density at radius 3 is 2.40 bits per heavy atom. The number of rotatable bonds is 4. The van der Waals surface area contributed by atoms with Gasteiger partial charge in [0.15, 0.2) is 0 Å². The van der Waals surface area contributed by atoms with Crippen LogP contribution in [-0.4, -0.2) is 16.5 Å². The topological polar surface area (TPSA) is 24.6 Å². The van der Waals surface area contributed by atoms with Crippen LogP contribution in [0, 0.1) is 24.9 Å². The molecule has 6 heteroatoms. The van der Waals surface area contributed by atoms with E-state index in [1.807, 2.05) is 55.3 Å². The molecule has 0 unspecified atom stereocenters. The fourth-order valence-corrected chi connectivity index (χ4v) is 6.22. The van der Waals surface area contributed by atoms with E-state index < -0.39 is 0 Å². The predicted octanol–water partition coefficient (Wildman–Crippen LogP) is 8.57. The molecule has 1 aliphatic rings. The third-order valence-corrected chi connectivity index (χ3v) is 8.02. The van der Waals surface area contributed by atoms with Crippen molar-refractivity contribution in [1.29, 1.82) is 0 Å². The molecule has 1 aliphatic heterocycles. The van der Waals surface area contributed by atoms with E-state index in [1.54, 1.807) is 11.8 Å². The van der Waals surface area contributed by atoms with Gasteiger partial charge in [0.2, 0.25) is 0 Å². The summed E-state index contributed by atoms with van der Waals surface area (Å²) in [6.07, 6.45) is 4.06. The Bertz CT molecular complexity index is 2060. The van der Waals surface area contributed by atoms with Crippen LogP contribution >= 0.6 is 11.8 Å². The van der Waals surface area contributed by atoms with E-state index in [1.165, 1.54) is 5.39 Å². The second-order valence-corrected chi connectivity index (χ2v) is 10.7. The first kappa shape index (κ1) is 25.0. The first-order valence-corrected chi connectivity index (χ1v) is 13.6. The molecular formula is C34H21N3OPdS-4. The number of furan rings is 1. The van der Waals surface area contributed by atoms with Crippen molar-refractivity contribution < 1.29 is 24.8 Å². The SMILES string of the molecule is CN1C=CN(c2[c-]c(Sc3[c-]c4c(cc3)c3ccc5oc6ccccc6c5c3n4-c3[c-]cccc3)ccc2)[CH-]1.[Pd]. The first-order valence-electron chi connectivity index (χ1n) is 12.7. The van der Waals surface area contributed by atoms with Crippen LogP contribution < -0.4 is 4.90 Å². The standard InChI is InChI=1S/C34H21N3OS.Pd/c1-35-18-19-36(22-35)24-10-7-11-25(20-24)39-26-14-15-27-28-16-17-32-33(29-12-5-6-13-31(29)38-32)34(28)37(30(27)21-26)23-8-3-2-4-9-23;/h2-8,10-19,22H,1H3;/q-4;. The van der Waals surface area contributed by atoms with Crippen molar-refractivity contribution in [3.63, 3.8) is 0 Å². The van der Waals surface area contributed by atoms with Crippen LogP contribution in [0.5, 0.6) is 0 Å². The number of anilines is 1. The smallest absolute Gasteiger partial charge is 0.137 e. The summed E-state index contributed by atoms with van der Waals surface area (Å²) in [5.74, 6) is 0. The Morgan fingerprint density at radius 2 is 1.55 bits per heavy atom. The summed E-state index contributed by atoms with van der Waals surface area (Å²) in [6.45, 7) is 2.04. The van der Waals surface area contributed by atoms with Crippen molar-refractivity contribution in [2.75, 3.05) is 11.9 Å². The normalized spacial score (nSPS) is 13.2. The molecule has 0 atom stereocenters. The maximum Gasteiger partial charge on any atom is 0.137 e. The summed E-state index contributed by atoms with van der Waals surface area (Å²) >= 11 is 1.67. The van der Waals surface area contributed by atoms with Gasteiger partial charge >= 0.3 is 0 Å². The molecule has 0 fully saturated rings. The van der Waals surface area contributed by atoms with Gasteiger partial charge in [0, 0.05) is 31.3 Å². The number of fused-ring (bicyclic) bond motifs is 7. The van der Waals surface area contributed by atoms with Gasteiger partial charge in [0.1, 0.15) is 11.2 Å². The molecule has 5 aromatic carbocycles. The minimum atomic E-state index is 0. The van der Waals surface area contributed by atoms with E-state index in [9.17, 15) is 0 Å². The minimum absolute atomic E-state index is 0. The molecule has 2 aromatic heterocycles. The molecular weight excluding hydrogens is 605 g/mol. The molecule has 7 aromatic rings. The average Bonchev–Trinajstić information content (AvgIpc) is 3.66. The Morgan fingerprint density at radius 1 is 0.725 bits per heavy atom. The van der Waals surface area contributed by atoms with Crippen LogP contribution in [0.2, 0.25) is 0 Å². The van der Waals surface area contributed by atoms with Crippen molar-refractivity contribution >= 4 is 61.2 Å². The van der Waals surface area contributed by atoms with Crippen LogP contribution in [0.1, 0.15) is 0 Å². The van der Waals surface area contributed by atoms with Gasteiger partial charge in [-0.3, -0.25) is 0 Å². The Hall–Kier alpha value is -3.95. The van der Waals surface area contributed by atoms with E-state index in [-0.39, 0.29) is 20.4 Å². The van der Waals surface area contributed by atoms with Crippen LogP contribution in [0.25, 0.3) is 49.4 Å². The number of nitrogens with zero attached hydrogens (tertiary/aromatic N) is 3. The van der Waals surface area contributed by atoms with Gasteiger partial charge in [-0.25, -0.2) is 0 Å². The van der Waals surface area contributed by atoms with E-state index in [2.05, 4.69) is 94.4 Å². The molecule has 4 nitrogen and oxygen atoms in total. The summed E-state index contributed by atoms with van der Waals surface area (Å²) in [5, 5.41) is 4.54. The van der Waals surface area contributed by atoms with Crippen molar-refractivity contribution in [3.8, 4) is 5.69 Å². The van der Waals surface area contributed by atoms with E-state index in [0.29, 0.717) is 0 Å². The van der Waals surface area contributed by atoms with E-state index >= 15 is 0 Å². The molecule has 0 N–H and O–H groups in total. The second kappa shape index (κ2) is 9.91. The molecule has 0 bridgehead atoms. The van der Waals surface area contributed by atoms with Crippen molar-refractivity contribution in [2.45, 2.75) is 9.79 Å². The van der Waals surface area contributed by atoms with Gasteiger partial charge in [-0.15, -0.1) is 50.8 Å². The molecule has 0 saturated heterocycles. The van der Waals surface area contributed by atoms with E-state index in [0.717, 1.165) is 59.5 Å². The zero-order chi connectivity index (χ0) is 25.9. The maximum absolute atomic E-state index is 6.25. The quantitative estimate of drug-likeness (QED) is 0.144. The van der Waals surface area contributed by atoms with Crippen molar-refractivity contribution in [3.05, 3.63) is 128 Å². The average molecular weight is 626 g/mol. The van der Waals surface area contributed by atoms with Gasteiger partial charge in [0.05, 0.1) is 5.39 Å². The molecule has 0 aliphatic carbocycles. The van der Waals surface area contributed by atoms with Gasteiger partial charge in [0.25, 0.3) is 0 Å². The number of aromatic nitrogens is 1. The monoisotopic (exact) mass is 625 g/mol. The van der Waals surface area contributed by atoms with Gasteiger partial charge < -0.3 is 18.8 Å². The summed E-state index contributed by atoms with van der Waals surface area (Å²) in [4.78, 5) is 6.16. The van der Waals surface area contributed by atoms with Crippen LogP contribution in [0.3, 0.4) is 0 Å². The minimum Gasteiger partial charge on any atom is -0.510 e. The predicted molar refractivity (Wildman–Crippen MR) is 159 cm³/mol. The number of benzene rings is 5. The van der Waals surface area contributed by atoms with E-state index in [4.69, 9.17) is 4.42 Å². The molecule has 8 rings (SSSR count). The van der Waals surface area contributed by atoms with Gasteiger partial charge in [-0.1, -0.05) is 35.5 Å². The number of para-hydroxylation sites is 2. The summed E-state index contributed by atoms with van der Waals surface area (Å²) < 4.78 is 8.53. The number of hydrogen-bond acceptors (Lipinski definition) is 4. The third-order valence-electron chi connectivity index (χ3n) is 7.11. The summed E-state index contributed by atoms with van der Waals surface area (Å²) in [7, 11) is 2.02. The molecule has 0 radical (unpaired) electrons. The fourth-order valence-electron chi connectivity index (χ4n) is 5.40. The van der Waals surface area contributed by atoms with Crippen LogP contribution in [0.4, 0.5) is 5.69 Å². The Kier molecular flexibility index (Phi) is 6.20. The van der Waals surface area contributed by atoms with Crippen molar-refractivity contribution in [1.82, 2.24) is 9.47 Å². The van der Waals surface area contributed by atoms with Crippen LogP contribution in [0.15, 0.2) is 118 Å².